The molecule has 0 fully saturated rings. The average molecular weight is 246 g/mol. The lowest BCUT2D eigenvalue weighted by atomic mass is 10.1. The summed E-state index contributed by atoms with van der Waals surface area (Å²) >= 11 is 0. The van der Waals surface area contributed by atoms with Gasteiger partial charge in [0.15, 0.2) is 0 Å². The number of benzene rings is 2. The molecule has 0 radical (unpaired) electrons. The number of nitrogens with one attached hydrogen (secondary N) is 2. The van der Waals surface area contributed by atoms with Crippen LogP contribution in [-0.2, 0) is 6.54 Å². The Morgan fingerprint density at radius 1 is 1.06 bits per heavy atom. The van der Waals surface area contributed by atoms with E-state index in [1.54, 1.807) is 12.6 Å². The van der Waals surface area contributed by atoms with Gasteiger partial charge >= 0.3 is 0 Å². The van der Waals surface area contributed by atoms with Gasteiger partial charge in [0, 0.05) is 16.9 Å². The zero-order valence-corrected chi connectivity index (χ0v) is 10.1. The minimum atomic E-state index is 0.119. The Labute approximate surface area is 106 Å². The lowest BCUT2D eigenvalue weighted by Gasteiger charge is -2.11. The fourth-order valence-electron chi connectivity index (χ4n) is 1.75. The molecule has 0 aliphatic rings. The van der Waals surface area contributed by atoms with Gasteiger partial charge in [-0.05, 0) is 30.3 Å². The minimum Gasteiger partial charge on any atom is -0.496 e. The summed E-state index contributed by atoms with van der Waals surface area (Å²) in [4.78, 5) is 0. The normalized spacial score (nSPS) is 10.1. The van der Waals surface area contributed by atoms with Crippen molar-refractivity contribution in [2.75, 3.05) is 12.4 Å². The smallest absolute Gasteiger partial charge is 0.123 e. The Balaban J connectivity index is 2.21. The second-order valence-corrected chi connectivity index (χ2v) is 3.83. The molecule has 94 valence electrons. The molecule has 0 saturated carbocycles. The van der Waals surface area contributed by atoms with E-state index in [4.69, 9.17) is 4.74 Å². The molecule has 0 atom stereocenters. The summed E-state index contributed by atoms with van der Waals surface area (Å²) in [6.45, 7) is 0.119. The van der Waals surface area contributed by atoms with Crippen LogP contribution in [0.5, 0.6) is 5.75 Å². The van der Waals surface area contributed by atoms with Crippen molar-refractivity contribution in [1.82, 2.24) is 5.54 Å². The van der Waals surface area contributed by atoms with Crippen LogP contribution in [0.3, 0.4) is 0 Å². The molecule has 2 aromatic rings. The van der Waals surface area contributed by atoms with Gasteiger partial charge < -0.3 is 10.1 Å². The van der Waals surface area contributed by atoms with Crippen LogP contribution in [0.15, 0.2) is 48.5 Å². The average Bonchev–Trinajstić information content (AvgIpc) is 2.41. The van der Waals surface area contributed by atoms with Crippen molar-refractivity contribution in [3.8, 4) is 5.75 Å². The number of ether oxygens (including phenoxy) is 1. The summed E-state index contributed by atoms with van der Waals surface area (Å²) in [6.07, 6.45) is 0. The minimum absolute atomic E-state index is 0.119. The molecule has 2 N–H and O–H groups in total. The highest BCUT2D eigenvalue weighted by Gasteiger charge is 2.04. The molecule has 18 heavy (non-hydrogen) atoms. The van der Waals surface area contributed by atoms with E-state index in [0.29, 0.717) is 5.75 Å². The van der Waals surface area contributed by atoms with E-state index in [-0.39, 0.29) is 6.54 Å². The second kappa shape index (κ2) is 6.02. The number of halogens is 1. The molecule has 0 unspecified atom stereocenters. The van der Waals surface area contributed by atoms with Crippen LogP contribution >= 0.6 is 0 Å². The number of anilines is 2. The molecule has 2 rings (SSSR count). The van der Waals surface area contributed by atoms with Gasteiger partial charge in [-0.1, -0.05) is 18.2 Å². The van der Waals surface area contributed by atoms with Crippen LogP contribution < -0.4 is 15.6 Å². The van der Waals surface area contributed by atoms with E-state index in [1.165, 1.54) is 0 Å². The zero-order chi connectivity index (χ0) is 12.8. The number of para-hydroxylation sites is 1. The first kappa shape index (κ1) is 12.4. The van der Waals surface area contributed by atoms with E-state index in [9.17, 15) is 4.48 Å². The number of methoxy groups -OCH3 is 1. The monoisotopic (exact) mass is 246 g/mol. The third kappa shape index (κ3) is 2.99. The number of rotatable bonds is 5. The maximum absolute atomic E-state index is 12.2. The van der Waals surface area contributed by atoms with Crippen LogP contribution in [0, 0.1) is 0 Å². The molecule has 0 aliphatic carbocycles. The fraction of sp³-hybridized carbons (Fsp3) is 0.143. The molecule has 0 bridgehead atoms. The van der Waals surface area contributed by atoms with Gasteiger partial charge in [-0.15, -0.1) is 4.48 Å². The summed E-state index contributed by atoms with van der Waals surface area (Å²) in [6, 6.07) is 15.4. The highest BCUT2D eigenvalue weighted by molar-refractivity contribution is 5.61. The summed E-state index contributed by atoms with van der Waals surface area (Å²) in [7, 11) is 1.57. The highest BCUT2D eigenvalue weighted by atomic mass is 19.2. The molecule has 0 amide bonds. The van der Waals surface area contributed by atoms with Gasteiger partial charge in [-0.25, -0.2) is 0 Å². The third-order valence-electron chi connectivity index (χ3n) is 2.60. The van der Waals surface area contributed by atoms with Gasteiger partial charge in [-0.2, -0.15) is 5.54 Å². The third-order valence-corrected chi connectivity index (χ3v) is 2.60. The molecule has 0 saturated heterocycles. The number of hydrogen-bond acceptors (Lipinski definition) is 3. The number of hydrogen-bond donors (Lipinski definition) is 2. The predicted molar refractivity (Wildman–Crippen MR) is 70.7 cm³/mol. The lowest BCUT2D eigenvalue weighted by Crippen LogP contribution is -2.03. The fourth-order valence-corrected chi connectivity index (χ4v) is 1.75. The van der Waals surface area contributed by atoms with Crippen LogP contribution in [0.1, 0.15) is 5.56 Å². The molecular weight excluding hydrogens is 231 g/mol. The Kier molecular flexibility index (Phi) is 4.15. The molecule has 0 heterocycles. The Hall–Kier alpha value is -2.07. The van der Waals surface area contributed by atoms with Crippen molar-refractivity contribution in [2.24, 2.45) is 0 Å². The van der Waals surface area contributed by atoms with Crippen molar-refractivity contribution in [1.29, 1.82) is 0 Å². The van der Waals surface area contributed by atoms with Crippen LogP contribution in [0.2, 0.25) is 0 Å². The molecule has 3 nitrogen and oxygen atoms in total. The molecule has 2 aromatic carbocycles. The first-order valence-corrected chi connectivity index (χ1v) is 5.66. The SMILES string of the molecule is COc1ccc(Nc2ccccc2)cc1CNF. The van der Waals surface area contributed by atoms with Gasteiger partial charge in [0.05, 0.1) is 13.7 Å². The second-order valence-electron chi connectivity index (χ2n) is 3.83. The van der Waals surface area contributed by atoms with E-state index >= 15 is 0 Å². The molecule has 4 heteroatoms. The molecule has 0 aromatic heterocycles. The largest absolute Gasteiger partial charge is 0.496 e. The molecular formula is C14H15FN2O. The van der Waals surface area contributed by atoms with E-state index < -0.39 is 0 Å². The molecule has 0 spiro atoms. The predicted octanol–water partition coefficient (Wildman–Crippen LogP) is 3.41. The summed E-state index contributed by atoms with van der Waals surface area (Å²) in [5.41, 5.74) is 4.29. The van der Waals surface area contributed by atoms with Gasteiger partial charge in [-0.3, -0.25) is 0 Å². The maximum Gasteiger partial charge on any atom is 0.123 e. The van der Waals surface area contributed by atoms with Crippen LogP contribution in [0.25, 0.3) is 0 Å². The van der Waals surface area contributed by atoms with Gasteiger partial charge in [0.2, 0.25) is 0 Å². The Morgan fingerprint density at radius 2 is 1.83 bits per heavy atom. The van der Waals surface area contributed by atoms with Crippen molar-refractivity contribution in [3.63, 3.8) is 0 Å². The van der Waals surface area contributed by atoms with Crippen molar-refractivity contribution < 1.29 is 9.22 Å². The summed E-state index contributed by atoms with van der Waals surface area (Å²) < 4.78 is 17.4. The summed E-state index contributed by atoms with van der Waals surface area (Å²) in [5.74, 6) is 0.666. The topological polar surface area (TPSA) is 33.3 Å². The van der Waals surface area contributed by atoms with E-state index in [1.807, 2.05) is 48.5 Å². The quantitative estimate of drug-likeness (QED) is 0.793. The zero-order valence-electron chi connectivity index (χ0n) is 10.1. The van der Waals surface area contributed by atoms with Gasteiger partial charge in [0.25, 0.3) is 0 Å². The summed E-state index contributed by atoms with van der Waals surface area (Å²) in [5, 5.41) is 3.25. The van der Waals surface area contributed by atoms with E-state index in [2.05, 4.69) is 5.32 Å². The van der Waals surface area contributed by atoms with Crippen molar-refractivity contribution in [3.05, 3.63) is 54.1 Å². The maximum atomic E-state index is 12.2. The Morgan fingerprint density at radius 3 is 2.50 bits per heavy atom. The highest BCUT2D eigenvalue weighted by Crippen LogP contribution is 2.24. The van der Waals surface area contributed by atoms with Crippen molar-refractivity contribution in [2.45, 2.75) is 6.54 Å². The van der Waals surface area contributed by atoms with Gasteiger partial charge in [0.1, 0.15) is 5.75 Å². The first-order valence-electron chi connectivity index (χ1n) is 5.66. The van der Waals surface area contributed by atoms with Crippen molar-refractivity contribution >= 4 is 11.4 Å². The van der Waals surface area contributed by atoms with E-state index in [0.717, 1.165) is 16.9 Å². The Bertz CT molecular complexity index is 502. The van der Waals surface area contributed by atoms with Crippen LogP contribution in [0.4, 0.5) is 15.9 Å². The molecule has 0 aliphatic heterocycles. The standard InChI is InChI=1S/C14H15FN2O/c1-18-14-8-7-13(9-11(14)10-16-15)17-12-5-3-2-4-6-12/h2-9,16-17H,10H2,1H3. The lowest BCUT2D eigenvalue weighted by molar-refractivity contribution is 0.323. The van der Waals surface area contributed by atoms with Crippen LogP contribution in [-0.4, -0.2) is 7.11 Å². The first-order chi connectivity index (χ1) is 8.83.